The third-order valence-corrected chi connectivity index (χ3v) is 3.27. The van der Waals surface area contributed by atoms with Crippen molar-refractivity contribution in [2.45, 2.75) is 0 Å². The standard InChI is InChI=1S/C18H14O5/c1-21-18(20)23-15-11-16(22-12-7-3-2-4-8-12)17(19)14-10-6-5-9-13(14)15/h2-11,19H,1H3. The van der Waals surface area contributed by atoms with Gasteiger partial charge in [-0.05, 0) is 12.1 Å². The van der Waals surface area contributed by atoms with Gasteiger partial charge in [-0.25, -0.2) is 4.79 Å². The van der Waals surface area contributed by atoms with Crippen LogP contribution in [-0.4, -0.2) is 18.4 Å². The van der Waals surface area contributed by atoms with Crippen LogP contribution >= 0.6 is 0 Å². The number of methoxy groups -OCH3 is 1. The number of fused-ring (bicyclic) bond motifs is 1. The fourth-order valence-corrected chi connectivity index (χ4v) is 2.21. The summed E-state index contributed by atoms with van der Waals surface area (Å²) in [6, 6.07) is 17.5. The lowest BCUT2D eigenvalue weighted by Gasteiger charge is -2.13. The lowest BCUT2D eigenvalue weighted by Crippen LogP contribution is -2.07. The highest BCUT2D eigenvalue weighted by molar-refractivity contribution is 5.96. The summed E-state index contributed by atoms with van der Waals surface area (Å²) in [6.45, 7) is 0. The number of hydrogen-bond donors (Lipinski definition) is 1. The molecule has 3 aromatic carbocycles. The van der Waals surface area contributed by atoms with Crippen molar-refractivity contribution in [1.29, 1.82) is 0 Å². The van der Waals surface area contributed by atoms with Crippen LogP contribution < -0.4 is 9.47 Å². The molecular weight excluding hydrogens is 296 g/mol. The lowest BCUT2D eigenvalue weighted by molar-refractivity contribution is 0.122. The number of hydrogen-bond acceptors (Lipinski definition) is 5. The normalized spacial score (nSPS) is 10.3. The average molecular weight is 310 g/mol. The van der Waals surface area contributed by atoms with Gasteiger partial charge in [-0.3, -0.25) is 0 Å². The van der Waals surface area contributed by atoms with E-state index in [-0.39, 0.29) is 17.2 Å². The number of benzene rings is 3. The summed E-state index contributed by atoms with van der Waals surface area (Å²) in [4.78, 5) is 11.4. The predicted molar refractivity (Wildman–Crippen MR) is 85.2 cm³/mol. The van der Waals surface area contributed by atoms with E-state index in [9.17, 15) is 9.90 Å². The maximum Gasteiger partial charge on any atom is 0.513 e. The summed E-state index contributed by atoms with van der Waals surface area (Å²) in [7, 11) is 1.23. The number of aromatic hydroxyl groups is 1. The molecule has 0 saturated carbocycles. The molecule has 5 nitrogen and oxygen atoms in total. The number of carbonyl (C=O) groups excluding carboxylic acids is 1. The highest BCUT2D eigenvalue weighted by Crippen LogP contribution is 2.42. The first kappa shape index (κ1) is 14.7. The summed E-state index contributed by atoms with van der Waals surface area (Å²) >= 11 is 0. The zero-order valence-electron chi connectivity index (χ0n) is 12.4. The number of rotatable bonds is 3. The van der Waals surface area contributed by atoms with Crippen molar-refractivity contribution in [1.82, 2.24) is 0 Å². The van der Waals surface area contributed by atoms with E-state index in [0.29, 0.717) is 16.5 Å². The van der Waals surface area contributed by atoms with E-state index in [4.69, 9.17) is 9.47 Å². The van der Waals surface area contributed by atoms with E-state index in [0.717, 1.165) is 0 Å². The van der Waals surface area contributed by atoms with Gasteiger partial charge in [0.1, 0.15) is 11.5 Å². The quantitative estimate of drug-likeness (QED) is 0.570. The molecule has 0 amide bonds. The van der Waals surface area contributed by atoms with E-state index < -0.39 is 6.16 Å². The Balaban J connectivity index is 2.10. The molecule has 0 heterocycles. The third kappa shape index (κ3) is 3.03. The van der Waals surface area contributed by atoms with E-state index >= 15 is 0 Å². The van der Waals surface area contributed by atoms with Crippen LogP contribution in [-0.2, 0) is 4.74 Å². The molecule has 0 saturated heterocycles. The van der Waals surface area contributed by atoms with Gasteiger partial charge in [-0.2, -0.15) is 0 Å². The molecule has 116 valence electrons. The van der Waals surface area contributed by atoms with Crippen LogP contribution in [0.15, 0.2) is 60.7 Å². The molecule has 0 aliphatic heterocycles. The van der Waals surface area contributed by atoms with Crippen LogP contribution in [0.1, 0.15) is 0 Å². The first-order valence-electron chi connectivity index (χ1n) is 6.92. The molecule has 0 fully saturated rings. The molecule has 23 heavy (non-hydrogen) atoms. The van der Waals surface area contributed by atoms with Gasteiger partial charge in [0.05, 0.1) is 7.11 Å². The highest BCUT2D eigenvalue weighted by atomic mass is 16.7. The van der Waals surface area contributed by atoms with E-state index in [1.165, 1.54) is 13.2 Å². The van der Waals surface area contributed by atoms with Crippen LogP contribution in [0.2, 0.25) is 0 Å². The molecule has 0 atom stereocenters. The number of carbonyl (C=O) groups is 1. The Morgan fingerprint density at radius 2 is 1.57 bits per heavy atom. The maximum absolute atomic E-state index is 11.4. The van der Waals surface area contributed by atoms with E-state index in [1.807, 2.05) is 18.2 Å². The molecule has 3 aromatic rings. The third-order valence-electron chi connectivity index (χ3n) is 3.27. The second-order valence-electron chi connectivity index (χ2n) is 4.74. The molecular formula is C18H14O5. The second kappa shape index (κ2) is 6.27. The fourth-order valence-electron chi connectivity index (χ4n) is 2.21. The monoisotopic (exact) mass is 310 g/mol. The fraction of sp³-hybridized carbons (Fsp3) is 0.0556. The summed E-state index contributed by atoms with van der Waals surface area (Å²) in [5.74, 6) is 0.966. The Morgan fingerprint density at radius 1 is 0.913 bits per heavy atom. The molecule has 1 N–H and O–H groups in total. The molecule has 0 aliphatic rings. The van der Waals surface area contributed by atoms with Gasteiger partial charge in [0.25, 0.3) is 0 Å². The van der Waals surface area contributed by atoms with Crippen LogP contribution in [0, 0.1) is 0 Å². The molecule has 0 spiro atoms. The first-order valence-corrected chi connectivity index (χ1v) is 6.92. The Labute approximate surface area is 132 Å². The van der Waals surface area contributed by atoms with Crippen molar-refractivity contribution >= 4 is 16.9 Å². The summed E-state index contributed by atoms with van der Waals surface area (Å²) in [5, 5.41) is 11.5. The van der Waals surface area contributed by atoms with Crippen LogP contribution in [0.5, 0.6) is 23.0 Å². The minimum absolute atomic E-state index is 0.0262. The summed E-state index contributed by atoms with van der Waals surface area (Å²) in [6.07, 6.45) is -0.841. The Kier molecular flexibility index (Phi) is 4.01. The van der Waals surface area contributed by atoms with Gasteiger partial charge in [0.2, 0.25) is 0 Å². The Morgan fingerprint density at radius 3 is 2.26 bits per heavy atom. The van der Waals surface area contributed by atoms with Gasteiger partial charge < -0.3 is 19.3 Å². The minimum atomic E-state index is -0.841. The highest BCUT2D eigenvalue weighted by Gasteiger charge is 2.16. The maximum atomic E-state index is 11.4. The lowest BCUT2D eigenvalue weighted by atomic mass is 10.1. The largest absolute Gasteiger partial charge is 0.513 e. The molecule has 0 aromatic heterocycles. The minimum Gasteiger partial charge on any atom is -0.504 e. The Hall–Kier alpha value is -3.21. The molecule has 5 heteroatoms. The number of phenols is 1. The number of para-hydroxylation sites is 1. The van der Waals surface area contributed by atoms with Gasteiger partial charge in [-0.1, -0.05) is 42.5 Å². The van der Waals surface area contributed by atoms with Crippen LogP contribution in [0.4, 0.5) is 4.79 Å². The average Bonchev–Trinajstić information content (AvgIpc) is 2.60. The van der Waals surface area contributed by atoms with Crippen LogP contribution in [0.3, 0.4) is 0 Å². The van der Waals surface area contributed by atoms with Crippen molar-refractivity contribution < 1.29 is 24.1 Å². The van der Waals surface area contributed by atoms with Crippen molar-refractivity contribution in [2.24, 2.45) is 0 Å². The number of phenolic OH excluding ortho intramolecular Hbond substituents is 1. The smallest absolute Gasteiger partial charge is 0.504 e. The zero-order chi connectivity index (χ0) is 16.2. The molecule has 0 bridgehead atoms. The topological polar surface area (TPSA) is 65.0 Å². The van der Waals surface area contributed by atoms with Gasteiger partial charge in [0.15, 0.2) is 11.5 Å². The first-order chi connectivity index (χ1) is 11.2. The van der Waals surface area contributed by atoms with Crippen molar-refractivity contribution in [2.75, 3.05) is 7.11 Å². The van der Waals surface area contributed by atoms with Gasteiger partial charge >= 0.3 is 6.16 Å². The summed E-state index contributed by atoms with van der Waals surface area (Å²) in [5.41, 5.74) is 0. The van der Waals surface area contributed by atoms with Crippen LogP contribution in [0.25, 0.3) is 10.8 Å². The van der Waals surface area contributed by atoms with Gasteiger partial charge in [0, 0.05) is 16.8 Å². The Bertz CT molecular complexity index is 843. The number of ether oxygens (including phenoxy) is 3. The summed E-state index contributed by atoms with van der Waals surface area (Å²) < 4.78 is 15.4. The van der Waals surface area contributed by atoms with Crippen molar-refractivity contribution in [3.05, 3.63) is 60.7 Å². The second-order valence-corrected chi connectivity index (χ2v) is 4.74. The molecule has 0 radical (unpaired) electrons. The van der Waals surface area contributed by atoms with Gasteiger partial charge in [-0.15, -0.1) is 0 Å². The molecule has 0 unspecified atom stereocenters. The SMILES string of the molecule is COC(=O)Oc1cc(Oc2ccccc2)c(O)c2ccccc12. The van der Waals surface area contributed by atoms with E-state index in [1.54, 1.807) is 36.4 Å². The van der Waals surface area contributed by atoms with Crippen molar-refractivity contribution in [3.63, 3.8) is 0 Å². The van der Waals surface area contributed by atoms with E-state index in [2.05, 4.69) is 4.74 Å². The zero-order valence-corrected chi connectivity index (χ0v) is 12.4. The van der Waals surface area contributed by atoms with Crippen molar-refractivity contribution in [3.8, 4) is 23.0 Å². The molecule has 0 aliphatic carbocycles. The predicted octanol–water partition coefficient (Wildman–Crippen LogP) is 4.48. The molecule has 3 rings (SSSR count).